The smallest absolute Gasteiger partial charge is 0.299 e. The largest absolute Gasteiger partial charge is 0.408 e. The first-order valence-electron chi connectivity index (χ1n) is 2.45. The van der Waals surface area contributed by atoms with Crippen molar-refractivity contribution in [2.24, 2.45) is 0 Å². The van der Waals surface area contributed by atoms with E-state index in [1.807, 2.05) is 0 Å². The maximum absolute atomic E-state index is 9.71. The van der Waals surface area contributed by atoms with Crippen molar-refractivity contribution in [2.45, 2.75) is 6.92 Å². The number of hydrogen-bond acceptors (Lipinski definition) is 3. The van der Waals surface area contributed by atoms with Gasteiger partial charge in [0.05, 0.1) is 6.20 Å². The molecule has 0 amide bonds. The van der Waals surface area contributed by atoms with Crippen molar-refractivity contribution in [1.29, 1.82) is 0 Å². The zero-order valence-corrected chi connectivity index (χ0v) is 4.92. The van der Waals surface area contributed by atoms with Gasteiger partial charge in [0.25, 0.3) is 6.47 Å². The molecular weight excluding hydrogens is 120 g/mol. The van der Waals surface area contributed by atoms with Crippen molar-refractivity contribution < 1.29 is 9.53 Å². The van der Waals surface area contributed by atoms with Crippen LogP contribution in [-0.2, 0) is 4.79 Å². The Hall–Kier alpha value is -1.32. The Labute approximate surface area is 51.9 Å². The summed E-state index contributed by atoms with van der Waals surface area (Å²) in [6.07, 6.45) is 1.52. The SMILES string of the molecule is Cc1nc(OC=O)c[nH]1. The van der Waals surface area contributed by atoms with Gasteiger partial charge < -0.3 is 9.72 Å². The highest BCUT2D eigenvalue weighted by Crippen LogP contribution is 2.02. The summed E-state index contributed by atoms with van der Waals surface area (Å²) < 4.78 is 4.40. The topological polar surface area (TPSA) is 55.0 Å². The summed E-state index contributed by atoms with van der Waals surface area (Å²) in [5.74, 6) is 1.04. The molecule has 0 bridgehead atoms. The Morgan fingerprint density at radius 2 is 2.67 bits per heavy atom. The predicted molar refractivity (Wildman–Crippen MR) is 30.0 cm³/mol. The minimum absolute atomic E-state index is 0.308. The second-order valence-electron chi connectivity index (χ2n) is 1.54. The van der Waals surface area contributed by atoms with Crippen molar-refractivity contribution in [2.75, 3.05) is 0 Å². The highest BCUT2D eigenvalue weighted by molar-refractivity contribution is 5.42. The van der Waals surface area contributed by atoms with Crippen LogP contribution in [0.4, 0.5) is 0 Å². The molecule has 1 rings (SSSR count). The molecule has 9 heavy (non-hydrogen) atoms. The van der Waals surface area contributed by atoms with E-state index in [0.29, 0.717) is 12.4 Å². The summed E-state index contributed by atoms with van der Waals surface area (Å²) in [7, 11) is 0. The molecule has 0 aliphatic heterocycles. The lowest BCUT2D eigenvalue weighted by molar-refractivity contribution is -0.120. The van der Waals surface area contributed by atoms with E-state index in [-0.39, 0.29) is 0 Å². The van der Waals surface area contributed by atoms with Gasteiger partial charge in [-0.2, -0.15) is 4.98 Å². The monoisotopic (exact) mass is 126 g/mol. The van der Waals surface area contributed by atoms with Crippen molar-refractivity contribution in [3.63, 3.8) is 0 Å². The second kappa shape index (κ2) is 2.30. The molecule has 0 saturated heterocycles. The third-order valence-electron chi connectivity index (χ3n) is 0.851. The van der Waals surface area contributed by atoms with Crippen LogP contribution in [0.1, 0.15) is 5.82 Å². The van der Waals surface area contributed by atoms with Gasteiger partial charge in [0.2, 0.25) is 5.88 Å². The number of ether oxygens (including phenoxy) is 1. The van der Waals surface area contributed by atoms with Crippen LogP contribution in [0.2, 0.25) is 0 Å². The first kappa shape index (κ1) is 5.81. The fourth-order valence-corrected chi connectivity index (χ4v) is 0.506. The molecule has 0 fully saturated rings. The number of nitrogens with one attached hydrogen (secondary N) is 1. The van der Waals surface area contributed by atoms with E-state index in [4.69, 9.17) is 0 Å². The number of hydrogen-bond donors (Lipinski definition) is 1. The molecule has 0 unspecified atom stereocenters. The van der Waals surface area contributed by atoms with Crippen LogP contribution in [0, 0.1) is 6.92 Å². The van der Waals surface area contributed by atoms with E-state index in [0.717, 1.165) is 5.82 Å². The summed E-state index contributed by atoms with van der Waals surface area (Å²) in [6, 6.07) is 0. The van der Waals surface area contributed by atoms with Gasteiger partial charge in [-0.25, -0.2) is 0 Å². The number of carbonyl (C=O) groups is 1. The van der Waals surface area contributed by atoms with Crippen LogP contribution < -0.4 is 4.74 Å². The van der Waals surface area contributed by atoms with Crippen LogP contribution >= 0.6 is 0 Å². The third kappa shape index (κ3) is 1.28. The Bertz CT molecular complexity index is 206. The van der Waals surface area contributed by atoms with Gasteiger partial charge in [0.1, 0.15) is 5.82 Å². The lowest BCUT2D eigenvalue weighted by Gasteiger charge is -1.83. The zero-order chi connectivity index (χ0) is 6.69. The molecule has 4 nitrogen and oxygen atoms in total. The number of aromatic amines is 1. The molecule has 0 aliphatic carbocycles. The molecule has 1 aromatic rings. The van der Waals surface area contributed by atoms with Crippen molar-refractivity contribution in [3.05, 3.63) is 12.0 Å². The molecule has 4 heteroatoms. The highest BCUT2D eigenvalue weighted by Gasteiger charge is 1.93. The van der Waals surface area contributed by atoms with E-state index in [2.05, 4.69) is 14.7 Å². The number of nitrogens with zero attached hydrogens (tertiary/aromatic N) is 1. The lowest BCUT2D eigenvalue weighted by atomic mass is 10.8. The van der Waals surface area contributed by atoms with E-state index in [1.54, 1.807) is 6.92 Å². The molecule has 48 valence electrons. The predicted octanol–water partition coefficient (Wildman–Crippen LogP) is 0.253. The second-order valence-corrected chi connectivity index (χ2v) is 1.54. The molecule has 0 radical (unpaired) electrons. The molecule has 0 atom stereocenters. The molecular formula is C5H6N2O2. The fourth-order valence-electron chi connectivity index (χ4n) is 0.506. The van der Waals surface area contributed by atoms with Gasteiger partial charge in [0.15, 0.2) is 0 Å². The summed E-state index contributed by atoms with van der Waals surface area (Å²) >= 11 is 0. The van der Waals surface area contributed by atoms with Crippen LogP contribution in [-0.4, -0.2) is 16.4 Å². The number of aryl methyl sites for hydroxylation is 1. The Kier molecular flexibility index (Phi) is 1.48. The first-order valence-corrected chi connectivity index (χ1v) is 2.45. The normalized spacial score (nSPS) is 9.00. The number of rotatable bonds is 2. The van der Waals surface area contributed by atoms with Crippen LogP contribution in [0.5, 0.6) is 5.88 Å². The van der Waals surface area contributed by atoms with Gasteiger partial charge in [-0.15, -0.1) is 0 Å². The lowest BCUT2D eigenvalue weighted by Crippen LogP contribution is -1.87. The number of aromatic nitrogens is 2. The molecule has 0 aliphatic rings. The van der Waals surface area contributed by atoms with Gasteiger partial charge in [-0.1, -0.05) is 0 Å². The molecule has 1 heterocycles. The number of H-pyrrole nitrogens is 1. The molecule has 0 spiro atoms. The van der Waals surface area contributed by atoms with Crippen LogP contribution in [0.25, 0.3) is 0 Å². The number of carbonyl (C=O) groups excluding carboxylic acids is 1. The summed E-state index contributed by atoms with van der Waals surface area (Å²) in [5, 5.41) is 0. The summed E-state index contributed by atoms with van der Waals surface area (Å²) in [4.78, 5) is 16.3. The average Bonchev–Trinajstić information content (AvgIpc) is 2.17. The molecule has 0 saturated carbocycles. The Morgan fingerprint density at radius 1 is 1.89 bits per heavy atom. The van der Waals surface area contributed by atoms with Gasteiger partial charge in [0, 0.05) is 0 Å². The van der Waals surface area contributed by atoms with Crippen molar-refractivity contribution in [1.82, 2.24) is 9.97 Å². The maximum Gasteiger partial charge on any atom is 0.299 e. The molecule has 1 aromatic heterocycles. The highest BCUT2D eigenvalue weighted by atomic mass is 16.5. The van der Waals surface area contributed by atoms with Crippen LogP contribution in [0.15, 0.2) is 6.20 Å². The quantitative estimate of drug-likeness (QED) is 0.578. The summed E-state index contributed by atoms with van der Waals surface area (Å²) in [5.41, 5.74) is 0. The van der Waals surface area contributed by atoms with Crippen LogP contribution in [0.3, 0.4) is 0 Å². The van der Waals surface area contributed by atoms with Crippen molar-refractivity contribution in [3.8, 4) is 5.88 Å². The fraction of sp³-hybridized carbons (Fsp3) is 0.200. The Morgan fingerprint density at radius 3 is 3.11 bits per heavy atom. The minimum Gasteiger partial charge on any atom is -0.408 e. The Balaban J connectivity index is 2.72. The van der Waals surface area contributed by atoms with E-state index < -0.39 is 0 Å². The molecule has 0 aromatic carbocycles. The van der Waals surface area contributed by atoms with Gasteiger partial charge in [-0.3, -0.25) is 4.79 Å². The van der Waals surface area contributed by atoms with E-state index in [9.17, 15) is 4.79 Å². The van der Waals surface area contributed by atoms with Crippen molar-refractivity contribution >= 4 is 6.47 Å². The third-order valence-corrected chi connectivity index (χ3v) is 0.851. The first-order chi connectivity index (χ1) is 4.33. The zero-order valence-electron chi connectivity index (χ0n) is 4.92. The average molecular weight is 126 g/mol. The standard InChI is InChI=1S/C5H6N2O2/c1-4-6-2-5(7-4)9-3-8/h2-3H,1H3,(H,6,7). The minimum atomic E-state index is 0.308. The summed E-state index contributed by atoms with van der Waals surface area (Å²) in [6.45, 7) is 2.12. The number of imidazole rings is 1. The maximum atomic E-state index is 9.71. The van der Waals surface area contributed by atoms with E-state index in [1.165, 1.54) is 6.20 Å². The van der Waals surface area contributed by atoms with E-state index >= 15 is 0 Å². The molecule has 1 N–H and O–H groups in total. The van der Waals surface area contributed by atoms with Gasteiger partial charge in [-0.05, 0) is 6.92 Å². The van der Waals surface area contributed by atoms with Gasteiger partial charge >= 0.3 is 0 Å².